The number of nitrogens with zero attached hydrogens (tertiary/aromatic N) is 1. The molecule has 0 aliphatic heterocycles. The lowest BCUT2D eigenvalue weighted by atomic mass is 10.1. The van der Waals surface area contributed by atoms with E-state index in [1.165, 1.54) is 7.05 Å². The molecule has 0 atom stereocenters. The summed E-state index contributed by atoms with van der Waals surface area (Å²) in [7, 11) is -2.62. The molecule has 0 saturated carbocycles. The first-order chi connectivity index (χ1) is 10.6. The Labute approximate surface area is 134 Å². The van der Waals surface area contributed by atoms with Crippen molar-refractivity contribution < 1.29 is 22.7 Å². The maximum atomic E-state index is 13.8. The summed E-state index contributed by atoms with van der Waals surface area (Å²) < 4.78 is 39.9. The Morgan fingerprint density at radius 1 is 1.09 bits per heavy atom. The van der Waals surface area contributed by atoms with E-state index in [1.54, 1.807) is 18.2 Å². The first-order valence-corrected chi connectivity index (χ1v) is 8.17. The van der Waals surface area contributed by atoms with Crippen LogP contribution in [-0.4, -0.2) is 26.5 Å². The standard InChI is InChI=1S/C16H16FNO4S/c1-10-4-5-12(8-11(10)2)18(3)23(21,22)13-6-7-14(16(19)20)15(17)9-13/h4-9H,1-3H3,(H,19,20). The Bertz CT molecular complexity index is 878. The first-order valence-electron chi connectivity index (χ1n) is 6.73. The summed E-state index contributed by atoms with van der Waals surface area (Å²) in [5, 5.41) is 8.80. The number of anilines is 1. The molecular weight excluding hydrogens is 321 g/mol. The van der Waals surface area contributed by atoms with E-state index in [1.807, 2.05) is 13.8 Å². The van der Waals surface area contributed by atoms with Crippen LogP contribution in [0.25, 0.3) is 0 Å². The van der Waals surface area contributed by atoms with Gasteiger partial charge in [-0.15, -0.1) is 0 Å². The fourth-order valence-electron chi connectivity index (χ4n) is 2.05. The van der Waals surface area contributed by atoms with Gasteiger partial charge in [0.2, 0.25) is 0 Å². The van der Waals surface area contributed by atoms with Gasteiger partial charge in [0, 0.05) is 7.05 Å². The molecule has 122 valence electrons. The molecule has 2 rings (SSSR count). The Balaban J connectivity index is 2.46. The largest absolute Gasteiger partial charge is 0.478 e. The number of sulfonamides is 1. The number of aryl methyl sites for hydroxylation is 2. The third-order valence-corrected chi connectivity index (χ3v) is 5.47. The zero-order chi connectivity index (χ0) is 17.4. The molecule has 0 fully saturated rings. The minimum Gasteiger partial charge on any atom is -0.478 e. The van der Waals surface area contributed by atoms with Gasteiger partial charge in [0.25, 0.3) is 10.0 Å². The summed E-state index contributed by atoms with van der Waals surface area (Å²) in [4.78, 5) is 10.5. The molecule has 1 N–H and O–H groups in total. The molecule has 0 aliphatic carbocycles. The Hall–Kier alpha value is -2.41. The van der Waals surface area contributed by atoms with Gasteiger partial charge < -0.3 is 5.11 Å². The third kappa shape index (κ3) is 3.19. The van der Waals surface area contributed by atoms with E-state index in [0.29, 0.717) is 5.69 Å². The lowest BCUT2D eigenvalue weighted by Crippen LogP contribution is -2.27. The molecule has 23 heavy (non-hydrogen) atoms. The van der Waals surface area contributed by atoms with Gasteiger partial charge in [-0.3, -0.25) is 4.31 Å². The summed E-state index contributed by atoms with van der Waals surface area (Å²) in [6.45, 7) is 3.77. The number of halogens is 1. The van der Waals surface area contributed by atoms with Crippen molar-refractivity contribution >= 4 is 21.7 Å². The second kappa shape index (κ2) is 6.00. The van der Waals surface area contributed by atoms with Crippen molar-refractivity contribution in [1.29, 1.82) is 0 Å². The maximum absolute atomic E-state index is 13.8. The predicted molar refractivity (Wildman–Crippen MR) is 84.9 cm³/mol. The molecular formula is C16H16FNO4S. The first kappa shape index (κ1) is 17.0. The summed E-state index contributed by atoms with van der Waals surface area (Å²) in [6.07, 6.45) is 0. The van der Waals surface area contributed by atoms with Crippen molar-refractivity contribution in [1.82, 2.24) is 0 Å². The van der Waals surface area contributed by atoms with Gasteiger partial charge in [0.05, 0.1) is 16.1 Å². The van der Waals surface area contributed by atoms with E-state index in [4.69, 9.17) is 5.11 Å². The Kier molecular flexibility index (Phi) is 4.42. The van der Waals surface area contributed by atoms with Crippen molar-refractivity contribution in [3.8, 4) is 0 Å². The summed E-state index contributed by atoms with van der Waals surface area (Å²) in [6, 6.07) is 7.91. The maximum Gasteiger partial charge on any atom is 0.338 e. The van der Waals surface area contributed by atoms with E-state index in [-0.39, 0.29) is 4.90 Å². The lowest BCUT2D eigenvalue weighted by Gasteiger charge is -2.20. The fraction of sp³-hybridized carbons (Fsp3) is 0.188. The highest BCUT2D eigenvalue weighted by Crippen LogP contribution is 2.25. The number of benzene rings is 2. The van der Waals surface area contributed by atoms with Gasteiger partial charge in [-0.05, 0) is 55.3 Å². The molecule has 5 nitrogen and oxygen atoms in total. The van der Waals surface area contributed by atoms with Gasteiger partial charge in [-0.25, -0.2) is 17.6 Å². The number of hydrogen-bond donors (Lipinski definition) is 1. The van der Waals surface area contributed by atoms with Crippen molar-refractivity contribution in [3.05, 3.63) is 58.9 Å². The SMILES string of the molecule is Cc1ccc(N(C)S(=O)(=O)c2ccc(C(=O)O)c(F)c2)cc1C. The van der Waals surface area contributed by atoms with Crippen LogP contribution in [-0.2, 0) is 10.0 Å². The van der Waals surface area contributed by atoms with Crippen LogP contribution in [0.5, 0.6) is 0 Å². The summed E-state index contributed by atoms with van der Waals surface area (Å²) in [5.74, 6) is -2.54. The molecule has 0 bridgehead atoms. The molecule has 2 aromatic carbocycles. The molecule has 0 aliphatic rings. The molecule has 2 aromatic rings. The number of carboxylic acids is 1. The molecule has 0 unspecified atom stereocenters. The van der Waals surface area contributed by atoms with Crippen LogP contribution < -0.4 is 4.31 Å². The monoisotopic (exact) mass is 337 g/mol. The zero-order valence-electron chi connectivity index (χ0n) is 12.9. The number of carbonyl (C=O) groups is 1. The van der Waals surface area contributed by atoms with Crippen molar-refractivity contribution in [3.63, 3.8) is 0 Å². The molecule has 0 aromatic heterocycles. The predicted octanol–water partition coefficient (Wildman–Crippen LogP) is 2.97. The molecule has 0 radical (unpaired) electrons. The van der Waals surface area contributed by atoms with Gasteiger partial charge in [0.1, 0.15) is 5.82 Å². The average molecular weight is 337 g/mol. The second-order valence-corrected chi connectivity index (χ2v) is 7.16. The molecule has 0 saturated heterocycles. The topological polar surface area (TPSA) is 74.7 Å². The van der Waals surface area contributed by atoms with E-state index >= 15 is 0 Å². The van der Waals surface area contributed by atoms with Crippen LogP contribution in [0.1, 0.15) is 21.5 Å². The second-order valence-electron chi connectivity index (χ2n) is 5.19. The number of hydrogen-bond acceptors (Lipinski definition) is 3. The smallest absolute Gasteiger partial charge is 0.338 e. The van der Waals surface area contributed by atoms with Gasteiger partial charge in [-0.2, -0.15) is 0 Å². The van der Waals surface area contributed by atoms with Crippen LogP contribution in [0, 0.1) is 19.7 Å². The minimum atomic E-state index is -3.99. The average Bonchev–Trinajstić information content (AvgIpc) is 2.48. The molecule has 0 amide bonds. The van der Waals surface area contributed by atoms with Gasteiger partial charge in [0.15, 0.2) is 0 Å². The zero-order valence-corrected chi connectivity index (χ0v) is 13.7. The van der Waals surface area contributed by atoms with Crippen LogP contribution >= 0.6 is 0 Å². The third-order valence-electron chi connectivity index (χ3n) is 3.68. The van der Waals surface area contributed by atoms with Gasteiger partial charge in [-0.1, -0.05) is 6.07 Å². The van der Waals surface area contributed by atoms with Crippen LogP contribution in [0.3, 0.4) is 0 Å². The fourth-order valence-corrected chi connectivity index (χ4v) is 3.25. The highest BCUT2D eigenvalue weighted by Gasteiger charge is 2.23. The number of rotatable bonds is 4. The van der Waals surface area contributed by atoms with E-state index in [9.17, 15) is 17.6 Å². The van der Waals surface area contributed by atoms with Gasteiger partial charge >= 0.3 is 5.97 Å². The lowest BCUT2D eigenvalue weighted by molar-refractivity contribution is 0.0691. The Morgan fingerprint density at radius 2 is 1.74 bits per heavy atom. The quantitative estimate of drug-likeness (QED) is 0.931. The van der Waals surface area contributed by atoms with Crippen molar-refractivity contribution in [2.24, 2.45) is 0 Å². The van der Waals surface area contributed by atoms with Crippen molar-refractivity contribution in [2.45, 2.75) is 18.7 Å². The molecule has 0 spiro atoms. The summed E-state index contributed by atoms with van der Waals surface area (Å²) in [5.41, 5.74) is 1.82. The van der Waals surface area contributed by atoms with Crippen LogP contribution in [0.2, 0.25) is 0 Å². The summed E-state index contributed by atoms with van der Waals surface area (Å²) >= 11 is 0. The normalized spacial score (nSPS) is 11.3. The van der Waals surface area contributed by atoms with Crippen molar-refractivity contribution in [2.75, 3.05) is 11.4 Å². The minimum absolute atomic E-state index is 0.305. The Morgan fingerprint density at radius 3 is 2.26 bits per heavy atom. The van der Waals surface area contributed by atoms with Crippen LogP contribution in [0.15, 0.2) is 41.3 Å². The number of aromatic carboxylic acids is 1. The van der Waals surface area contributed by atoms with E-state index in [2.05, 4.69) is 0 Å². The highest BCUT2D eigenvalue weighted by molar-refractivity contribution is 7.92. The molecule has 0 heterocycles. The van der Waals surface area contributed by atoms with E-state index < -0.39 is 27.4 Å². The highest BCUT2D eigenvalue weighted by atomic mass is 32.2. The molecule has 7 heteroatoms. The number of carboxylic acid groups (broad SMARTS) is 1. The van der Waals surface area contributed by atoms with E-state index in [0.717, 1.165) is 33.6 Å². The van der Waals surface area contributed by atoms with Crippen LogP contribution in [0.4, 0.5) is 10.1 Å².